The molecule has 1 atom stereocenters. The van der Waals surface area contributed by atoms with Gasteiger partial charge in [-0.1, -0.05) is 6.08 Å². The number of carbonyl (C=O) groups excluding carboxylic acids is 1. The van der Waals surface area contributed by atoms with Crippen LogP contribution in [-0.2, 0) is 19.3 Å². The Labute approximate surface area is 229 Å². The van der Waals surface area contributed by atoms with E-state index in [1.54, 1.807) is 18.2 Å². The number of amides is 2. The maximum Gasteiger partial charge on any atom is 0.319 e. The highest BCUT2D eigenvalue weighted by Gasteiger charge is 2.56. The van der Waals surface area contributed by atoms with Crippen LogP contribution >= 0.6 is 0 Å². The van der Waals surface area contributed by atoms with E-state index in [1.807, 2.05) is 18.2 Å². The van der Waals surface area contributed by atoms with Crippen molar-refractivity contribution >= 4 is 27.4 Å². The molecule has 39 heavy (non-hydrogen) atoms. The van der Waals surface area contributed by atoms with Crippen LogP contribution < -0.4 is 15.5 Å². The molecule has 1 aromatic carbocycles. The van der Waals surface area contributed by atoms with Crippen molar-refractivity contribution in [1.29, 1.82) is 0 Å². The molecule has 3 fully saturated rings. The van der Waals surface area contributed by atoms with Crippen molar-refractivity contribution in [2.75, 3.05) is 49.7 Å². The Balaban J connectivity index is 1.48. The Morgan fingerprint density at radius 2 is 1.92 bits per heavy atom. The molecule has 0 bridgehead atoms. The van der Waals surface area contributed by atoms with Gasteiger partial charge in [0.25, 0.3) is 0 Å². The van der Waals surface area contributed by atoms with Gasteiger partial charge in [-0.25, -0.2) is 23.2 Å². The Morgan fingerprint density at radius 3 is 2.51 bits per heavy atom. The number of hydrogen-bond donors (Lipinski definition) is 3. The number of hydrogen-bond acceptors (Lipinski definition) is 8. The fourth-order valence-corrected chi connectivity index (χ4v) is 8.16. The molecule has 0 radical (unpaired) electrons. The van der Waals surface area contributed by atoms with E-state index < -0.39 is 19.8 Å². The summed E-state index contributed by atoms with van der Waals surface area (Å²) < 4.78 is 32.7. The van der Waals surface area contributed by atoms with Crippen LogP contribution in [0.4, 0.5) is 16.3 Å². The average Bonchev–Trinajstić information content (AvgIpc) is 3.74. The van der Waals surface area contributed by atoms with E-state index in [4.69, 9.17) is 19.8 Å². The highest BCUT2D eigenvalue weighted by Crippen LogP contribution is 2.53. The number of nitrogens with one attached hydrogen (secondary N) is 2. The molecule has 2 saturated carbocycles. The van der Waals surface area contributed by atoms with Gasteiger partial charge in [0.2, 0.25) is 0 Å². The first-order chi connectivity index (χ1) is 18.9. The molecule has 3 aliphatic rings. The third-order valence-corrected chi connectivity index (χ3v) is 10.9. The van der Waals surface area contributed by atoms with Crippen molar-refractivity contribution in [3.8, 4) is 11.4 Å². The highest BCUT2D eigenvalue weighted by atomic mass is 32.2. The van der Waals surface area contributed by atoms with E-state index in [2.05, 4.69) is 22.1 Å². The van der Waals surface area contributed by atoms with Crippen LogP contribution in [0.1, 0.15) is 44.2 Å². The summed E-state index contributed by atoms with van der Waals surface area (Å²) in [5, 5.41) is 13.8. The van der Waals surface area contributed by atoms with Gasteiger partial charge in [0.15, 0.2) is 15.7 Å². The second-order valence-electron chi connectivity index (χ2n) is 10.5. The molecule has 0 spiro atoms. The van der Waals surface area contributed by atoms with E-state index in [9.17, 15) is 13.2 Å². The molecule has 2 amide bonds. The molecule has 2 aliphatic carbocycles. The summed E-state index contributed by atoms with van der Waals surface area (Å²) >= 11 is 0. The van der Waals surface area contributed by atoms with Crippen LogP contribution in [0.2, 0.25) is 0 Å². The number of urea groups is 1. The number of aliphatic hydroxyl groups excluding tert-OH is 1. The Bertz CT molecular complexity index is 1290. The van der Waals surface area contributed by atoms with Crippen molar-refractivity contribution in [3.63, 3.8) is 0 Å². The standard InChI is InChI=1S/C28H37N5O5S/c1-2-23(20-5-6-20)39(36,37)28(11-3-12-28)24-19-25(33-14-17-38-18-15-33)32-26(31-24)21-7-9-22(10-8-21)30-27(35)29-13-4-16-34/h2,7-10,19-20,23,34H,1,3-6,11-18H2,(H2,29,30,35). The number of anilines is 2. The molecule has 11 heteroatoms. The van der Waals surface area contributed by atoms with Crippen LogP contribution in [-0.4, -0.2) is 74.2 Å². The van der Waals surface area contributed by atoms with Gasteiger partial charge in [-0.15, -0.1) is 6.58 Å². The molecule has 210 valence electrons. The molecule has 1 aromatic heterocycles. The number of aromatic nitrogens is 2. The van der Waals surface area contributed by atoms with Crippen LogP contribution in [0.15, 0.2) is 43.0 Å². The molecular weight excluding hydrogens is 518 g/mol. The third-order valence-electron chi connectivity index (χ3n) is 7.92. The maximum absolute atomic E-state index is 14.1. The molecule has 2 aromatic rings. The quantitative estimate of drug-likeness (QED) is 0.284. The zero-order valence-electron chi connectivity index (χ0n) is 22.1. The topological polar surface area (TPSA) is 134 Å². The number of benzene rings is 1. The second kappa shape index (κ2) is 11.6. The van der Waals surface area contributed by atoms with Crippen molar-refractivity contribution in [1.82, 2.24) is 15.3 Å². The van der Waals surface area contributed by atoms with Crippen LogP contribution in [0.25, 0.3) is 11.4 Å². The van der Waals surface area contributed by atoms with Crippen molar-refractivity contribution in [2.45, 2.75) is 48.5 Å². The lowest BCUT2D eigenvalue weighted by molar-refractivity contribution is 0.122. The molecule has 3 N–H and O–H groups in total. The van der Waals surface area contributed by atoms with E-state index >= 15 is 0 Å². The zero-order chi connectivity index (χ0) is 27.5. The molecule has 1 unspecified atom stereocenters. The second-order valence-corrected chi connectivity index (χ2v) is 12.9. The fraction of sp³-hybridized carbons (Fsp3) is 0.536. The lowest BCUT2D eigenvalue weighted by Gasteiger charge is -2.43. The summed E-state index contributed by atoms with van der Waals surface area (Å²) in [7, 11) is -3.56. The van der Waals surface area contributed by atoms with Crippen LogP contribution in [0.5, 0.6) is 0 Å². The number of morpholine rings is 1. The van der Waals surface area contributed by atoms with Gasteiger partial charge in [-0.05, 0) is 68.7 Å². The predicted octanol–water partition coefficient (Wildman–Crippen LogP) is 3.24. The zero-order valence-corrected chi connectivity index (χ0v) is 23.0. The first-order valence-corrected chi connectivity index (χ1v) is 15.3. The minimum Gasteiger partial charge on any atom is -0.396 e. The van der Waals surface area contributed by atoms with Gasteiger partial charge in [0, 0.05) is 43.6 Å². The van der Waals surface area contributed by atoms with E-state index in [1.165, 1.54) is 0 Å². The molecule has 1 aliphatic heterocycles. The third kappa shape index (κ3) is 5.66. The minimum atomic E-state index is -3.56. The fourth-order valence-electron chi connectivity index (χ4n) is 5.35. The normalized spacial score (nSPS) is 19.6. The Kier molecular flexibility index (Phi) is 8.20. The summed E-state index contributed by atoms with van der Waals surface area (Å²) in [6.07, 6.45) is 5.85. The Hall–Kier alpha value is -3.02. The predicted molar refractivity (Wildman–Crippen MR) is 150 cm³/mol. The summed E-state index contributed by atoms with van der Waals surface area (Å²) in [4.78, 5) is 23.9. The molecule has 2 heterocycles. The lowest BCUT2D eigenvalue weighted by atomic mass is 9.81. The molecule has 1 saturated heterocycles. The smallest absolute Gasteiger partial charge is 0.319 e. The van der Waals surface area contributed by atoms with Crippen molar-refractivity contribution < 1.29 is 23.1 Å². The van der Waals surface area contributed by atoms with Crippen LogP contribution in [0.3, 0.4) is 0 Å². The number of ether oxygens (including phenoxy) is 1. The lowest BCUT2D eigenvalue weighted by Crippen LogP contribution is -2.48. The maximum atomic E-state index is 14.1. The van der Waals surface area contributed by atoms with E-state index in [-0.39, 0.29) is 18.6 Å². The average molecular weight is 556 g/mol. The van der Waals surface area contributed by atoms with Gasteiger partial charge in [-0.3, -0.25) is 0 Å². The number of aliphatic hydroxyl groups is 1. The van der Waals surface area contributed by atoms with Gasteiger partial charge in [0.1, 0.15) is 10.6 Å². The van der Waals surface area contributed by atoms with Gasteiger partial charge in [-0.2, -0.15) is 0 Å². The highest BCUT2D eigenvalue weighted by molar-refractivity contribution is 7.93. The first kappa shape index (κ1) is 27.5. The van der Waals surface area contributed by atoms with Gasteiger partial charge >= 0.3 is 6.03 Å². The summed E-state index contributed by atoms with van der Waals surface area (Å²) in [6, 6.07) is 8.69. The largest absolute Gasteiger partial charge is 0.396 e. The van der Waals surface area contributed by atoms with Gasteiger partial charge < -0.3 is 25.4 Å². The number of sulfone groups is 1. The molecule has 10 nitrogen and oxygen atoms in total. The minimum absolute atomic E-state index is 0.0118. The Morgan fingerprint density at radius 1 is 1.21 bits per heavy atom. The summed E-state index contributed by atoms with van der Waals surface area (Å²) in [5.41, 5.74) is 1.88. The van der Waals surface area contributed by atoms with E-state index in [0.717, 1.165) is 24.8 Å². The molecule has 5 rings (SSSR count). The number of carbonyl (C=O) groups is 1. The number of nitrogens with zero attached hydrogens (tertiary/aromatic N) is 3. The monoisotopic (exact) mass is 555 g/mol. The SMILES string of the molecule is C=CC(C1CC1)S(=O)(=O)C1(c2cc(N3CCOCC3)nc(-c3ccc(NC(=O)NCCCO)cc3)n2)CCC1. The summed E-state index contributed by atoms with van der Waals surface area (Å²) in [6.45, 7) is 6.77. The molecular formula is C28H37N5O5S. The van der Waals surface area contributed by atoms with Crippen molar-refractivity contribution in [3.05, 3.63) is 48.7 Å². The van der Waals surface area contributed by atoms with E-state index in [0.29, 0.717) is 75.1 Å². The first-order valence-electron chi connectivity index (χ1n) is 13.7. The van der Waals surface area contributed by atoms with Crippen molar-refractivity contribution in [2.24, 2.45) is 5.92 Å². The van der Waals surface area contributed by atoms with Crippen LogP contribution in [0, 0.1) is 5.92 Å². The van der Waals surface area contributed by atoms with Gasteiger partial charge in [0.05, 0.1) is 24.2 Å². The summed E-state index contributed by atoms with van der Waals surface area (Å²) in [5.74, 6) is 1.30. The number of rotatable bonds is 11.